The van der Waals surface area contributed by atoms with E-state index < -0.39 is 68.7 Å². The van der Waals surface area contributed by atoms with Crippen LogP contribution in [0, 0.1) is 50.7 Å². The molecular formula is C45H56N2O9. The number of hydrogen-bond donors (Lipinski definition) is 2. The number of esters is 2. The van der Waals surface area contributed by atoms with Gasteiger partial charge in [-0.2, -0.15) is 0 Å². The number of aliphatic hydroxyl groups is 1. The van der Waals surface area contributed by atoms with E-state index in [2.05, 4.69) is 35.5 Å². The summed E-state index contributed by atoms with van der Waals surface area (Å²) in [4.78, 5) is 46.1. The Balaban J connectivity index is 0.911. The highest BCUT2D eigenvalue weighted by Gasteiger charge is 2.95. The molecule has 4 saturated carbocycles. The van der Waals surface area contributed by atoms with Gasteiger partial charge in [-0.05, 0) is 101 Å². The molecular weight excluding hydrogens is 713 g/mol. The van der Waals surface area contributed by atoms with E-state index in [-0.39, 0.29) is 24.3 Å². The molecule has 0 radical (unpaired) electrons. The number of allylic oxidation sites excluding steroid dienone is 2. The van der Waals surface area contributed by atoms with Crippen LogP contribution in [0.2, 0.25) is 0 Å². The van der Waals surface area contributed by atoms with Crippen molar-refractivity contribution in [3.8, 4) is 0 Å². The number of aryl methyl sites for hydroxylation is 1. The molecule has 12 aliphatic rings. The third-order valence-electron chi connectivity index (χ3n) is 18.7. The second-order valence-electron chi connectivity index (χ2n) is 20.6. The number of furan rings is 1. The van der Waals surface area contributed by atoms with Crippen molar-refractivity contribution in [3.63, 3.8) is 0 Å². The number of aliphatic hydroxyl groups excluding tert-OH is 1. The first kappa shape index (κ1) is 35.0. The van der Waals surface area contributed by atoms with Crippen molar-refractivity contribution in [1.29, 1.82) is 0 Å². The maximum absolute atomic E-state index is 15.5. The monoisotopic (exact) mass is 768 g/mol. The number of cyclic esters (lactones) is 2. The summed E-state index contributed by atoms with van der Waals surface area (Å²) in [6.45, 7) is 8.14. The highest BCUT2D eigenvalue weighted by molar-refractivity contribution is 5.98. The number of epoxide rings is 1. The fraction of sp³-hybridized carbons (Fsp3) is 0.756. The number of ether oxygens (including phenoxy) is 4. The number of rotatable bonds is 4. The predicted octanol–water partition coefficient (Wildman–Crippen LogP) is 5.31. The van der Waals surface area contributed by atoms with Gasteiger partial charge in [0, 0.05) is 35.4 Å². The fourth-order valence-corrected chi connectivity index (χ4v) is 16.5. The van der Waals surface area contributed by atoms with Gasteiger partial charge in [-0.3, -0.25) is 14.9 Å². The molecule has 6 aliphatic carbocycles. The second-order valence-corrected chi connectivity index (χ2v) is 20.6. The fourth-order valence-electron chi connectivity index (χ4n) is 16.5. The molecule has 6 aliphatic heterocycles. The normalized spacial score (nSPS) is 50.9. The van der Waals surface area contributed by atoms with Crippen LogP contribution >= 0.6 is 0 Å². The molecule has 9 fully saturated rings. The summed E-state index contributed by atoms with van der Waals surface area (Å²) < 4.78 is 33.1. The van der Waals surface area contributed by atoms with Crippen molar-refractivity contribution in [2.45, 2.75) is 139 Å². The van der Waals surface area contributed by atoms with Crippen LogP contribution in [0.1, 0.15) is 109 Å². The zero-order valence-electron chi connectivity index (χ0n) is 32.9. The summed E-state index contributed by atoms with van der Waals surface area (Å²) in [6.07, 6.45) is 17.1. The van der Waals surface area contributed by atoms with Gasteiger partial charge < -0.3 is 33.4 Å². The van der Waals surface area contributed by atoms with Crippen LogP contribution in [0.15, 0.2) is 41.2 Å². The third-order valence-corrected chi connectivity index (χ3v) is 18.7. The molecule has 0 unspecified atom stereocenters. The Bertz CT molecular complexity index is 1980. The minimum atomic E-state index is -1.41. The van der Waals surface area contributed by atoms with E-state index in [1.165, 1.54) is 19.3 Å². The van der Waals surface area contributed by atoms with E-state index in [4.69, 9.17) is 23.4 Å². The molecule has 56 heavy (non-hydrogen) atoms. The SMILES string of the molecule is CC1(C)O[C@H]2C3(CCCC3)C(=O)OC[C@]23[C@H]2CC[C@@]4(C)[C@H](c5ccoc5CC[C@H]5CC[C@@H]6[C@H](C=CN7CNC[C@@H]67)C5)OC(=O)[C@H]5O[C@]54[C@@]24CC=C[C@@]13C(=O)[C@H]4O. The smallest absolute Gasteiger partial charge is 0.339 e. The first-order valence-corrected chi connectivity index (χ1v) is 21.8. The summed E-state index contributed by atoms with van der Waals surface area (Å²) in [5, 5.41) is 16.4. The van der Waals surface area contributed by atoms with Crippen LogP contribution in [0.3, 0.4) is 0 Å². The van der Waals surface area contributed by atoms with Gasteiger partial charge in [0.2, 0.25) is 0 Å². The van der Waals surface area contributed by atoms with Gasteiger partial charge in [0.25, 0.3) is 0 Å². The number of nitrogens with zero attached hydrogens (tertiary/aromatic N) is 1. The molecule has 2 bridgehead atoms. The highest BCUT2D eigenvalue weighted by Crippen LogP contribution is 2.85. The van der Waals surface area contributed by atoms with E-state index in [0.29, 0.717) is 55.9 Å². The lowest BCUT2D eigenvalue weighted by molar-refractivity contribution is -0.273. The molecule has 2 N–H and O–H groups in total. The summed E-state index contributed by atoms with van der Waals surface area (Å²) in [6, 6.07) is 2.57. The summed E-state index contributed by atoms with van der Waals surface area (Å²) in [7, 11) is 0. The van der Waals surface area contributed by atoms with Gasteiger partial charge in [-0.1, -0.05) is 44.4 Å². The maximum Gasteiger partial charge on any atom is 0.339 e. The molecule has 1 aromatic heterocycles. The van der Waals surface area contributed by atoms with Crippen molar-refractivity contribution < 1.29 is 42.9 Å². The van der Waals surface area contributed by atoms with E-state index in [1.807, 2.05) is 26.0 Å². The first-order chi connectivity index (χ1) is 26.9. The Hall–Kier alpha value is -2.99. The molecule has 5 saturated heterocycles. The lowest BCUT2D eigenvalue weighted by atomic mass is 9.32. The number of carbonyl (C=O) groups excluding carboxylic acids is 3. The summed E-state index contributed by atoms with van der Waals surface area (Å²) in [5.41, 5.74) is -6.26. The van der Waals surface area contributed by atoms with E-state index in [0.717, 1.165) is 50.2 Å². The molecule has 300 valence electrons. The van der Waals surface area contributed by atoms with Gasteiger partial charge in [0.1, 0.15) is 30.2 Å². The molecule has 11 nitrogen and oxygen atoms in total. The second kappa shape index (κ2) is 11.0. The lowest BCUT2D eigenvalue weighted by Gasteiger charge is -2.69. The Morgan fingerprint density at radius 2 is 1.84 bits per heavy atom. The van der Waals surface area contributed by atoms with Crippen LogP contribution in [0.4, 0.5) is 0 Å². The number of hydrogen-bond acceptors (Lipinski definition) is 11. The number of fused-ring (bicyclic) bond motifs is 6. The van der Waals surface area contributed by atoms with Gasteiger partial charge in [-0.25, -0.2) is 4.79 Å². The van der Waals surface area contributed by atoms with Crippen LogP contribution < -0.4 is 5.32 Å². The Morgan fingerprint density at radius 1 is 1.00 bits per heavy atom. The van der Waals surface area contributed by atoms with Crippen molar-refractivity contribution >= 4 is 17.7 Å². The standard InChI is InChI=1S/C45H56N2O9/c1-39(2)44-17-6-16-42(32(48)33(44)49)31(43(44)23-53-38(51)41(37(43)56-39)14-4-5-15-41)11-18-40(3)34(54-36(50)35-45(40,42)55-35)28-13-20-52-30(28)10-8-25-7-9-27-26(21-25)12-19-47-24-46-22-29(27)47/h6,12-13,17,19-20,25-27,29,31-32,34-35,37,46,48H,4-5,7-11,14-16,18,21-24H2,1-3H3/t25-,26-,27-,29+,31+,32-,34+,35-,37+,40+,42+,43+,44-,45-/m1/s1. The molecule has 14 atom stereocenters. The Morgan fingerprint density at radius 3 is 2.68 bits per heavy atom. The molecule has 1 aromatic rings. The van der Waals surface area contributed by atoms with Crippen LogP contribution in [-0.2, 0) is 39.8 Å². The van der Waals surface area contributed by atoms with Crippen molar-refractivity contribution in [2.24, 2.45) is 50.7 Å². The largest absolute Gasteiger partial charge is 0.469 e. The van der Waals surface area contributed by atoms with Crippen molar-refractivity contribution in [2.75, 3.05) is 19.8 Å². The number of carbonyl (C=O) groups is 3. The van der Waals surface area contributed by atoms with Gasteiger partial charge in [0.15, 0.2) is 11.9 Å². The van der Waals surface area contributed by atoms with Gasteiger partial charge in [-0.15, -0.1) is 0 Å². The lowest BCUT2D eigenvalue weighted by Crippen LogP contribution is -2.80. The van der Waals surface area contributed by atoms with Crippen molar-refractivity contribution in [3.05, 3.63) is 48.1 Å². The quantitative estimate of drug-likeness (QED) is 0.234. The number of nitrogens with one attached hydrogen (secondary N) is 1. The van der Waals surface area contributed by atoms with E-state index in [1.54, 1.807) is 6.26 Å². The number of ketones is 1. The maximum atomic E-state index is 15.5. The Kier molecular flexibility index (Phi) is 6.86. The van der Waals surface area contributed by atoms with E-state index >= 15 is 4.79 Å². The molecule has 0 aromatic carbocycles. The highest BCUT2D eigenvalue weighted by atomic mass is 16.7. The van der Waals surface area contributed by atoms with Crippen LogP contribution in [-0.4, -0.2) is 83.1 Å². The molecule has 0 amide bonds. The van der Waals surface area contributed by atoms with Crippen molar-refractivity contribution in [1.82, 2.24) is 10.2 Å². The minimum Gasteiger partial charge on any atom is -0.469 e. The van der Waals surface area contributed by atoms with Crippen LogP contribution in [0.5, 0.6) is 0 Å². The minimum absolute atomic E-state index is 0.0441. The number of Topliss-reactive ketones (excluding diaryl/α,β-unsaturated/α-hetero) is 1. The topological polar surface area (TPSA) is 140 Å². The first-order valence-electron chi connectivity index (χ1n) is 21.8. The average molecular weight is 769 g/mol. The summed E-state index contributed by atoms with van der Waals surface area (Å²) in [5.74, 6) is 1.45. The van der Waals surface area contributed by atoms with Gasteiger partial charge >= 0.3 is 11.9 Å². The average Bonchev–Trinajstić information content (AvgIpc) is 3.53. The van der Waals surface area contributed by atoms with Crippen LogP contribution in [0.25, 0.3) is 0 Å². The zero-order chi connectivity index (χ0) is 38.3. The van der Waals surface area contributed by atoms with E-state index in [9.17, 15) is 14.7 Å². The van der Waals surface area contributed by atoms with Gasteiger partial charge in [0.05, 0.1) is 40.9 Å². The molecule has 13 rings (SSSR count). The molecule has 7 heterocycles. The third kappa shape index (κ3) is 3.65. The zero-order valence-corrected chi connectivity index (χ0v) is 32.9. The predicted molar refractivity (Wildman–Crippen MR) is 199 cm³/mol. The molecule has 5 spiro atoms. The Labute approximate surface area is 328 Å². The molecule has 11 heteroatoms. The summed E-state index contributed by atoms with van der Waals surface area (Å²) >= 11 is 0.